The van der Waals surface area contributed by atoms with Crippen LogP contribution in [0.1, 0.15) is 6.92 Å². The number of carbonyl (C=O) groups excluding carboxylic acids is 1. The average Bonchev–Trinajstić information content (AvgIpc) is 2.92. The molecule has 8 nitrogen and oxygen atoms in total. The van der Waals surface area contributed by atoms with E-state index in [0.29, 0.717) is 5.03 Å². The van der Waals surface area contributed by atoms with Crippen LogP contribution in [0.4, 0.5) is 0 Å². The Bertz CT molecular complexity index is 582. The summed E-state index contributed by atoms with van der Waals surface area (Å²) in [5, 5.41) is 26.5. The van der Waals surface area contributed by atoms with Gasteiger partial charge in [-0.25, -0.2) is 4.79 Å². The van der Waals surface area contributed by atoms with Crippen molar-refractivity contribution in [3.05, 3.63) is 18.1 Å². The van der Waals surface area contributed by atoms with Crippen LogP contribution in [0.3, 0.4) is 0 Å². The van der Waals surface area contributed by atoms with Crippen molar-refractivity contribution < 1.29 is 19.8 Å². The van der Waals surface area contributed by atoms with Crippen LogP contribution in [0.15, 0.2) is 18.1 Å². The largest absolute Gasteiger partial charge is 0.476 e. The molecule has 2 aliphatic rings. The Kier molecular flexibility index (Phi) is 2.61. The molecule has 9 heteroatoms. The molecule has 3 heterocycles. The molecule has 0 aliphatic carbocycles. The second-order valence-electron chi connectivity index (χ2n) is 4.26. The molecule has 1 saturated heterocycles. The monoisotopic (exact) mass is 282 g/mol. The second kappa shape index (κ2) is 4.07. The van der Waals surface area contributed by atoms with E-state index in [1.807, 2.05) is 0 Å². The number of amides is 1. The van der Waals surface area contributed by atoms with Crippen molar-refractivity contribution in [2.75, 3.05) is 0 Å². The zero-order valence-electron chi connectivity index (χ0n) is 9.79. The van der Waals surface area contributed by atoms with E-state index in [-0.39, 0.29) is 11.6 Å². The maximum absolute atomic E-state index is 11.9. The fraction of sp³-hybridized carbons (Fsp3) is 0.400. The molecule has 1 aromatic heterocycles. The Morgan fingerprint density at radius 2 is 2.11 bits per heavy atom. The maximum atomic E-state index is 11.9. The summed E-state index contributed by atoms with van der Waals surface area (Å²) in [6.45, 7) is 1.52. The highest BCUT2D eigenvalue weighted by Crippen LogP contribution is 2.51. The number of rotatable bonds is 3. The minimum absolute atomic E-state index is 0.131. The van der Waals surface area contributed by atoms with Gasteiger partial charge in [0.05, 0.1) is 24.4 Å². The van der Waals surface area contributed by atoms with E-state index in [1.165, 1.54) is 40.8 Å². The van der Waals surface area contributed by atoms with E-state index in [0.717, 1.165) is 0 Å². The molecular weight excluding hydrogens is 272 g/mol. The van der Waals surface area contributed by atoms with Gasteiger partial charge in [-0.2, -0.15) is 10.2 Å². The number of aliphatic hydroxyl groups excluding tert-OH is 1. The van der Waals surface area contributed by atoms with Crippen LogP contribution in [0.5, 0.6) is 0 Å². The predicted molar refractivity (Wildman–Crippen MR) is 64.3 cm³/mol. The minimum Gasteiger partial charge on any atom is -0.476 e. The zero-order chi connectivity index (χ0) is 13.7. The number of hydrogen-bond donors (Lipinski definition) is 2. The third-order valence-corrected chi connectivity index (χ3v) is 4.41. The Hall–Kier alpha value is -1.87. The number of carboxylic acids is 1. The topological polar surface area (TPSA) is 109 Å². The second-order valence-corrected chi connectivity index (χ2v) is 5.37. The molecule has 1 unspecified atom stereocenters. The summed E-state index contributed by atoms with van der Waals surface area (Å²) in [5.74, 6) is -2.18. The van der Waals surface area contributed by atoms with Crippen LogP contribution in [0.2, 0.25) is 0 Å². The number of carbonyl (C=O) groups is 2. The molecule has 3 atom stereocenters. The van der Waals surface area contributed by atoms with E-state index >= 15 is 0 Å². The zero-order valence-corrected chi connectivity index (χ0v) is 10.6. The van der Waals surface area contributed by atoms with Crippen LogP contribution in [0.25, 0.3) is 5.03 Å². The number of aromatic nitrogens is 3. The molecule has 0 saturated carbocycles. The van der Waals surface area contributed by atoms with Gasteiger partial charge in [-0.05, 0) is 6.92 Å². The number of hydrogen-bond acceptors (Lipinski definition) is 6. The van der Waals surface area contributed by atoms with Crippen molar-refractivity contribution in [1.82, 2.24) is 19.9 Å². The maximum Gasteiger partial charge on any atom is 0.355 e. The first-order valence-corrected chi connectivity index (χ1v) is 6.42. The number of aliphatic carboxylic acids is 1. The minimum atomic E-state index is -1.21. The van der Waals surface area contributed by atoms with Crippen LogP contribution in [-0.4, -0.2) is 53.5 Å². The van der Waals surface area contributed by atoms with Crippen LogP contribution in [-0.2, 0) is 9.59 Å². The summed E-state index contributed by atoms with van der Waals surface area (Å²) in [6.07, 6.45) is 2.04. The number of aliphatic hydroxyl groups is 1. The van der Waals surface area contributed by atoms with Crippen molar-refractivity contribution in [3.8, 4) is 0 Å². The lowest BCUT2D eigenvalue weighted by molar-refractivity contribution is -0.156. The van der Waals surface area contributed by atoms with E-state index in [9.17, 15) is 19.8 Å². The summed E-state index contributed by atoms with van der Waals surface area (Å²) >= 11 is 1.18. The van der Waals surface area contributed by atoms with Crippen LogP contribution >= 0.6 is 11.8 Å². The normalized spacial score (nSPS) is 27.3. The number of carboxylic acid groups (broad SMARTS) is 1. The predicted octanol–water partition coefficient (Wildman–Crippen LogP) is -0.599. The number of fused-ring (bicyclic) bond motifs is 1. The molecule has 1 amide bonds. The van der Waals surface area contributed by atoms with E-state index < -0.39 is 23.4 Å². The lowest BCUT2D eigenvalue weighted by Crippen LogP contribution is -2.60. The van der Waals surface area contributed by atoms with Crippen molar-refractivity contribution in [3.63, 3.8) is 0 Å². The summed E-state index contributed by atoms with van der Waals surface area (Å²) in [4.78, 5) is 25.6. The first-order chi connectivity index (χ1) is 9.02. The highest BCUT2D eigenvalue weighted by Gasteiger charge is 2.58. The molecule has 0 spiro atoms. The van der Waals surface area contributed by atoms with Gasteiger partial charge >= 0.3 is 5.97 Å². The SMILES string of the molecule is CC(O)[C@H]1C(=O)N2C(C(=O)O)=C(n3nccn3)S[C@H]12. The summed E-state index contributed by atoms with van der Waals surface area (Å²) < 4.78 is 0. The lowest BCUT2D eigenvalue weighted by Gasteiger charge is -2.43. The van der Waals surface area contributed by atoms with E-state index in [1.54, 1.807) is 0 Å². The first kappa shape index (κ1) is 12.2. The van der Waals surface area contributed by atoms with Gasteiger partial charge in [0, 0.05) is 0 Å². The molecule has 0 radical (unpaired) electrons. The number of thioether (sulfide) groups is 1. The highest BCUT2D eigenvalue weighted by atomic mass is 32.2. The van der Waals surface area contributed by atoms with Gasteiger partial charge in [0.25, 0.3) is 0 Å². The third kappa shape index (κ3) is 1.58. The fourth-order valence-electron chi connectivity index (χ4n) is 2.22. The van der Waals surface area contributed by atoms with Crippen molar-refractivity contribution in [2.45, 2.75) is 18.4 Å². The van der Waals surface area contributed by atoms with E-state index in [4.69, 9.17) is 0 Å². The van der Waals surface area contributed by atoms with Gasteiger partial charge in [0.2, 0.25) is 5.91 Å². The molecule has 2 N–H and O–H groups in total. The fourth-order valence-corrected chi connectivity index (χ4v) is 3.74. The molecular formula is C10H10N4O4S. The Morgan fingerprint density at radius 3 is 2.63 bits per heavy atom. The van der Waals surface area contributed by atoms with Crippen molar-refractivity contribution >= 4 is 28.7 Å². The third-order valence-electron chi connectivity index (χ3n) is 3.08. The summed E-state index contributed by atoms with van der Waals surface area (Å²) in [5.41, 5.74) is -0.131. The molecule has 0 aromatic carbocycles. The average molecular weight is 282 g/mol. The van der Waals surface area contributed by atoms with Gasteiger partial charge < -0.3 is 10.2 Å². The number of β-lactam (4-membered cyclic amide) rings is 1. The van der Waals surface area contributed by atoms with Crippen LogP contribution < -0.4 is 0 Å². The quantitative estimate of drug-likeness (QED) is 0.712. The standard InChI is InChI=1S/C10H10N4O4S/c1-4(15)5-7(16)13-6(10(17)18)9(19-8(5)13)14-11-2-3-12-14/h2-5,8,15H,1H3,(H,17,18)/t4?,5-,8+/m0/s1. The molecule has 3 rings (SSSR count). The Labute approximate surface area is 111 Å². The first-order valence-electron chi connectivity index (χ1n) is 5.54. The highest BCUT2D eigenvalue weighted by molar-refractivity contribution is 8.08. The van der Waals surface area contributed by atoms with Gasteiger partial charge in [-0.3, -0.25) is 9.69 Å². The Morgan fingerprint density at radius 1 is 1.47 bits per heavy atom. The smallest absolute Gasteiger partial charge is 0.355 e. The lowest BCUT2D eigenvalue weighted by atomic mass is 9.92. The molecule has 2 aliphatic heterocycles. The van der Waals surface area contributed by atoms with E-state index in [2.05, 4.69) is 10.2 Å². The summed E-state index contributed by atoms with van der Waals surface area (Å²) in [6, 6.07) is 0. The molecule has 1 fully saturated rings. The summed E-state index contributed by atoms with van der Waals surface area (Å²) in [7, 11) is 0. The Balaban J connectivity index is 2.01. The molecule has 0 bridgehead atoms. The molecule has 100 valence electrons. The van der Waals surface area contributed by atoms with Gasteiger partial charge in [-0.15, -0.1) is 4.80 Å². The van der Waals surface area contributed by atoms with Gasteiger partial charge in [-0.1, -0.05) is 11.8 Å². The van der Waals surface area contributed by atoms with Gasteiger partial charge in [0.15, 0.2) is 10.7 Å². The van der Waals surface area contributed by atoms with Crippen molar-refractivity contribution in [2.24, 2.45) is 5.92 Å². The number of nitrogens with zero attached hydrogens (tertiary/aromatic N) is 4. The van der Waals surface area contributed by atoms with Gasteiger partial charge in [0.1, 0.15) is 5.37 Å². The van der Waals surface area contributed by atoms with Crippen molar-refractivity contribution in [1.29, 1.82) is 0 Å². The molecule has 1 aromatic rings. The molecule has 19 heavy (non-hydrogen) atoms. The van der Waals surface area contributed by atoms with Crippen LogP contribution in [0, 0.1) is 5.92 Å².